The van der Waals surface area contributed by atoms with Gasteiger partial charge in [-0.3, -0.25) is 9.59 Å². The molecule has 0 unspecified atom stereocenters. The van der Waals surface area contributed by atoms with Crippen LogP contribution < -0.4 is 10.7 Å². The zero-order valence-corrected chi connectivity index (χ0v) is 17.2. The van der Waals surface area contributed by atoms with Gasteiger partial charge in [-0.2, -0.15) is 5.10 Å². The first-order chi connectivity index (χ1) is 14.0. The van der Waals surface area contributed by atoms with Crippen molar-refractivity contribution in [1.29, 1.82) is 0 Å². The number of thiophene rings is 1. The molecule has 1 heterocycles. The van der Waals surface area contributed by atoms with Crippen molar-refractivity contribution < 1.29 is 19.1 Å². The number of aryl methyl sites for hydroxylation is 1. The van der Waals surface area contributed by atoms with E-state index >= 15 is 0 Å². The number of hydrazone groups is 1. The largest absolute Gasteiger partial charge is 0.462 e. The number of benzene rings is 1. The van der Waals surface area contributed by atoms with Gasteiger partial charge in [0.1, 0.15) is 5.00 Å². The molecule has 2 aromatic rings. The third-order valence-electron chi connectivity index (χ3n) is 4.60. The standard InChI is InChI=1S/C21H23N3O4S/c1-3-28-21(27)17-15-11-7-8-12-16(15)29-20(17)22-18(25)19(26)24-23-13(2)14-9-5-4-6-10-14/h4-6,9-10H,3,7-8,11-12H2,1-2H3,(H,22,25)(H,24,26)/b23-13+. The lowest BCUT2D eigenvalue weighted by Gasteiger charge is -2.12. The normalized spacial score (nSPS) is 13.4. The Morgan fingerprint density at radius 3 is 2.55 bits per heavy atom. The van der Waals surface area contributed by atoms with Gasteiger partial charge in [0.2, 0.25) is 0 Å². The van der Waals surface area contributed by atoms with Crippen LogP contribution in [0, 0.1) is 0 Å². The number of carbonyl (C=O) groups is 3. The monoisotopic (exact) mass is 413 g/mol. The fourth-order valence-corrected chi connectivity index (χ4v) is 4.43. The van der Waals surface area contributed by atoms with Gasteiger partial charge in [0.05, 0.1) is 17.9 Å². The van der Waals surface area contributed by atoms with Gasteiger partial charge < -0.3 is 10.1 Å². The molecular formula is C21H23N3O4S. The number of anilines is 1. The minimum atomic E-state index is -0.901. The van der Waals surface area contributed by atoms with E-state index < -0.39 is 17.8 Å². The molecule has 0 bridgehead atoms. The van der Waals surface area contributed by atoms with Crippen LogP contribution in [-0.4, -0.2) is 30.1 Å². The molecule has 7 nitrogen and oxygen atoms in total. The summed E-state index contributed by atoms with van der Waals surface area (Å²) in [5.41, 5.74) is 4.97. The van der Waals surface area contributed by atoms with E-state index in [0.717, 1.165) is 41.7 Å². The second-order valence-electron chi connectivity index (χ2n) is 6.59. The molecule has 2 amide bonds. The van der Waals surface area contributed by atoms with Crippen LogP contribution >= 0.6 is 11.3 Å². The Morgan fingerprint density at radius 2 is 1.83 bits per heavy atom. The number of hydrogen-bond donors (Lipinski definition) is 2. The number of esters is 1. The van der Waals surface area contributed by atoms with E-state index in [9.17, 15) is 14.4 Å². The smallest absolute Gasteiger partial charge is 0.341 e. The molecule has 29 heavy (non-hydrogen) atoms. The lowest BCUT2D eigenvalue weighted by Crippen LogP contribution is -2.33. The van der Waals surface area contributed by atoms with Gasteiger partial charge in [0.15, 0.2) is 0 Å². The van der Waals surface area contributed by atoms with Crippen molar-refractivity contribution in [2.24, 2.45) is 5.10 Å². The van der Waals surface area contributed by atoms with Gasteiger partial charge in [-0.1, -0.05) is 30.3 Å². The molecule has 1 aromatic carbocycles. The number of amides is 2. The molecule has 0 saturated carbocycles. The summed E-state index contributed by atoms with van der Waals surface area (Å²) >= 11 is 1.33. The topological polar surface area (TPSA) is 96.9 Å². The summed E-state index contributed by atoms with van der Waals surface area (Å²) in [6.45, 7) is 3.71. The first-order valence-corrected chi connectivity index (χ1v) is 10.4. The summed E-state index contributed by atoms with van der Waals surface area (Å²) in [6, 6.07) is 9.31. The Hall–Kier alpha value is -3.00. The predicted octanol–water partition coefficient (Wildman–Crippen LogP) is 3.28. The molecule has 8 heteroatoms. The number of ether oxygens (including phenoxy) is 1. The van der Waals surface area contributed by atoms with E-state index in [1.165, 1.54) is 11.3 Å². The van der Waals surface area contributed by atoms with E-state index in [4.69, 9.17) is 4.74 Å². The molecule has 0 spiro atoms. The average molecular weight is 413 g/mol. The van der Waals surface area contributed by atoms with Crippen LogP contribution in [0.15, 0.2) is 35.4 Å². The minimum Gasteiger partial charge on any atom is -0.462 e. The molecule has 152 valence electrons. The van der Waals surface area contributed by atoms with E-state index in [2.05, 4.69) is 15.8 Å². The highest BCUT2D eigenvalue weighted by Gasteiger charge is 2.28. The van der Waals surface area contributed by atoms with Crippen molar-refractivity contribution in [3.05, 3.63) is 51.9 Å². The predicted molar refractivity (Wildman–Crippen MR) is 112 cm³/mol. The third-order valence-corrected chi connectivity index (χ3v) is 5.81. The van der Waals surface area contributed by atoms with E-state index in [-0.39, 0.29) is 6.61 Å². The quantitative estimate of drug-likeness (QED) is 0.340. The number of fused-ring (bicyclic) bond motifs is 1. The molecule has 0 fully saturated rings. The van der Waals surface area contributed by atoms with Crippen molar-refractivity contribution in [2.75, 3.05) is 11.9 Å². The molecule has 3 rings (SSSR count). The second kappa shape index (κ2) is 9.47. The zero-order chi connectivity index (χ0) is 20.8. The van der Waals surface area contributed by atoms with Crippen LogP contribution in [-0.2, 0) is 27.2 Å². The van der Waals surface area contributed by atoms with Crippen LogP contribution in [0.5, 0.6) is 0 Å². The van der Waals surface area contributed by atoms with Crippen molar-refractivity contribution >= 4 is 39.8 Å². The van der Waals surface area contributed by atoms with Crippen molar-refractivity contribution in [3.8, 4) is 0 Å². The maximum Gasteiger partial charge on any atom is 0.341 e. The highest BCUT2D eigenvalue weighted by molar-refractivity contribution is 7.17. The van der Waals surface area contributed by atoms with Gasteiger partial charge in [0.25, 0.3) is 0 Å². The molecule has 0 aliphatic heterocycles. The van der Waals surface area contributed by atoms with Crippen LogP contribution in [0.25, 0.3) is 0 Å². The Kier molecular flexibility index (Phi) is 6.77. The SMILES string of the molecule is CCOC(=O)c1c(NC(=O)C(=O)N/N=C(\C)c2ccccc2)sc2c1CCCC2. The maximum absolute atomic E-state index is 12.4. The Balaban J connectivity index is 1.73. The van der Waals surface area contributed by atoms with E-state index in [1.807, 2.05) is 30.3 Å². The number of hydrogen-bond acceptors (Lipinski definition) is 6. The molecular weight excluding hydrogens is 390 g/mol. The first-order valence-electron chi connectivity index (χ1n) is 9.54. The summed E-state index contributed by atoms with van der Waals surface area (Å²) in [7, 11) is 0. The maximum atomic E-state index is 12.4. The average Bonchev–Trinajstić information content (AvgIpc) is 3.10. The highest BCUT2D eigenvalue weighted by atomic mass is 32.1. The van der Waals surface area contributed by atoms with Gasteiger partial charge in [-0.15, -0.1) is 11.3 Å². The van der Waals surface area contributed by atoms with Gasteiger partial charge >= 0.3 is 17.8 Å². The molecule has 0 atom stereocenters. The molecule has 2 N–H and O–H groups in total. The molecule has 1 aromatic heterocycles. The van der Waals surface area contributed by atoms with Gasteiger partial charge in [-0.05, 0) is 50.7 Å². The second-order valence-corrected chi connectivity index (χ2v) is 7.70. The number of nitrogens with one attached hydrogen (secondary N) is 2. The van der Waals surface area contributed by atoms with Gasteiger partial charge in [-0.25, -0.2) is 10.2 Å². The van der Waals surface area contributed by atoms with E-state index in [0.29, 0.717) is 16.3 Å². The lowest BCUT2D eigenvalue weighted by molar-refractivity contribution is -0.136. The minimum absolute atomic E-state index is 0.241. The van der Waals surface area contributed by atoms with E-state index in [1.54, 1.807) is 13.8 Å². The fraction of sp³-hybridized carbons (Fsp3) is 0.333. The highest BCUT2D eigenvalue weighted by Crippen LogP contribution is 2.38. The lowest BCUT2D eigenvalue weighted by atomic mass is 9.95. The summed E-state index contributed by atoms with van der Waals surface area (Å²) in [4.78, 5) is 38.1. The van der Waals surface area contributed by atoms with Crippen LogP contribution in [0.2, 0.25) is 0 Å². The molecule has 0 radical (unpaired) electrons. The number of carbonyl (C=O) groups excluding carboxylic acids is 3. The summed E-state index contributed by atoms with van der Waals surface area (Å²) in [5.74, 6) is -2.25. The zero-order valence-electron chi connectivity index (χ0n) is 16.4. The number of rotatable bonds is 5. The van der Waals surface area contributed by atoms with Gasteiger partial charge in [0, 0.05) is 4.88 Å². The fourth-order valence-electron chi connectivity index (χ4n) is 3.16. The summed E-state index contributed by atoms with van der Waals surface area (Å²) < 4.78 is 5.16. The van der Waals surface area contributed by atoms with Crippen molar-refractivity contribution in [2.45, 2.75) is 39.5 Å². The third kappa shape index (κ3) is 4.89. The van der Waals surface area contributed by atoms with Crippen LogP contribution in [0.3, 0.4) is 0 Å². The summed E-state index contributed by atoms with van der Waals surface area (Å²) in [6.07, 6.45) is 3.65. The first kappa shape index (κ1) is 20.7. The number of nitrogens with zero attached hydrogens (tertiary/aromatic N) is 1. The Labute approximate surface area is 173 Å². The molecule has 1 aliphatic rings. The Bertz CT molecular complexity index is 950. The van der Waals surface area contributed by atoms with Crippen LogP contribution in [0.1, 0.15) is 53.1 Å². The molecule has 0 saturated heterocycles. The van der Waals surface area contributed by atoms with Crippen molar-refractivity contribution in [1.82, 2.24) is 5.43 Å². The van der Waals surface area contributed by atoms with Crippen molar-refractivity contribution in [3.63, 3.8) is 0 Å². The Morgan fingerprint density at radius 1 is 1.10 bits per heavy atom. The summed E-state index contributed by atoms with van der Waals surface area (Å²) in [5, 5.41) is 6.91. The van der Waals surface area contributed by atoms with Crippen LogP contribution in [0.4, 0.5) is 5.00 Å². The molecule has 1 aliphatic carbocycles.